The Hall–Kier alpha value is -2.16. The smallest absolute Gasteiger partial charge is 0.271 e. The Morgan fingerprint density at radius 3 is 2.62 bits per heavy atom. The fourth-order valence-electron chi connectivity index (χ4n) is 4.61. The Morgan fingerprint density at radius 1 is 1.08 bits per heavy atom. The first-order valence-electron chi connectivity index (χ1n) is 11.3. The molecule has 1 fully saturated rings. The zero-order valence-electron chi connectivity index (χ0n) is 19.4. The van der Waals surface area contributed by atoms with E-state index >= 15 is 0 Å². The highest BCUT2D eigenvalue weighted by Gasteiger charge is 2.40. The van der Waals surface area contributed by atoms with Crippen molar-refractivity contribution in [3.05, 3.63) is 103 Å². The van der Waals surface area contributed by atoms with Crippen molar-refractivity contribution < 1.29 is 14.3 Å². The van der Waals surface area contributed by atoms with Gasteiger partial charge in [0, 0.05) is 10.4 Å². The zero-order chi connectivity index (χ0) is 26.3. The molecule has 10 heteroatoms. The Labute approximate surface area is 242 Å². The standard InChI is InChI=1S/C27H20BrCl3N2O3S/c1-36-15-7-8-21(28)19(11-15)26(35)32-33-24(34)13-37-27(33)20-12-18(14-6-9-22(29)23(30)10-14)16-4-2-3-5-17(16)25(20)31/h2-11,18,27H,12-13H2,1H3,(H,32,35). The van der Waals surface area contributed by atoms with Crippen LogP contribution >= 0.6 is 62.5 Å². The van der Waals surface area contributed by atoms with Crippen LogP contribution < -0.4 is 10.2 Å². The van der Waals surface area contributed by atoms with Crippen molar-refractivity contribution in [3.8, 4) is 5.75 Å². The van der Waals surface area contributed by atoms with E-state index in [4.69, 9.17) is 39.5 Å². The van der Waals surface area contributed by atoms with Crippen molar-refractivity contribution in [2.45, 2.75) is 17.7 Å². The molecule has 2 atom stereocenters. The van der Waals surface area contributed by atoms with Crippen LogP contribution in [0.5, 0.6) is 5.75 Å². The number of amides is 2. The van der Waals surface area contributed by atoms with E-state index in [0.717, 1.165) is 22.3 Å². The number of benzene rings is 3. The first-order chi connectivity index (χ1) is 17.8. The molecular formula is C27H20BrCl3N2O3S. The summed E-state index contributed by atoms with van der Waals surface area (Å²) in [5.74, 6) is 0.0672. The molecule has 0 spiro atoms. The highest BCUT2D eigenvalue weighted by atomic mass is 79.9. The lowest BCUT2D eigenvalue weighted by Gasteiger charge is -2.34. The number of nitrogens with zero attached hydrogens (tertiary/aromatic N) is 1. The van der Waals surface area contributed by atoms with Crippen LogP contribution in [0, 0.1) is 0 Å². The summed E-state index contributed by atoms with van der Waals surface area (Å²) in [5.41, 5.74) is 6.97. The predicted molar refractivity (Wildman–Crippen MR) is 153 cm³/mol. The van der Waals surface area contributed by atoms with Crippen molar-refractivity contribution >= 4 is 79.3 Å². The van der Waals surface area contributed by atoms with Crippen LogP contribution in [-0.2, 0) is 4.79 Å². The highest BCUT2D eigenvalue weighted by Crippen LogP contribution is 2.48. The molecule has 0 radical (unpaired) electrons. The predicted octanol–water partition coefficient (Wildman–Crippen LogP) is 7.50. The van der Waals surface area contributed by atoms with Crippen LogP contribution in [-0.4, -0.2) is 35.1 Å². The van der Waals surface area contributed by atoms with Crippen molar-refractivity contribution in [3.63, 3.8) is 0 Å². The molecule has 37 heavy (non-hydrogen) atoms. The van der Waals surface area contributed by atoms with Crippen LogP contribution in [0.4, 0.5) is 0 Å². The van der Waals surface area contributed by atoms with E-state index in [1.807, 2.05) is 30.3 Å². The molecule has 2 aliphatic rings. The highest BCUT2D eigenvalue weighted by molar-refractivity contribution is 9.10. The van der Waals surface area contributed by atoms with E-state index in [-0.39, 0.29) is 17.6 Å². The van der Waals surface area contributed by atoms with Gasteiger partial charge >= 0.3 is 0 Å². The minimum absolute atomic E-state index is 0.0511. The fourth-order valence-corrected chi connectivity index (χ4v) is 6.93. The summed E-state index contributed by atoms with van der Waals surface area (Å²) >= 11 is 24.4. The molecule has 1 heterocycles. The number of halogens is 4. The number of ether oxygens (including phenoxy) is 1. The van der Waals surface area contributed by atoms with Gasteiger partial charge in [-0.15, -0.1) is 11.8 Å². The molecular weight excluding hydrogens is 619 g/mol. The van der Waals surface area contributed by atoms with Gasteiger partial charge in [0.15, 0.2) is 0 Å². The van der Waals surface area contributed by atoms with E-state index in [1.165, 1.54) is 23.9 Å². The SMILES string of the molecule is COc1ccc(Br)c(C(=O)NN2C(=O)CSC2C2=C(Cl)c3ccccc3C(c3ccc(Cl)c(Cl)c3)C2)c1. The lowest BCUT2D eigenvalue weighted by Crippen LogP contribution is -2.48. The summed E-state index contributed by atoms with van der Waals surface area (Å²) in [6, 6.07) is 18.6. The molecule has 1 saturated heterocycles. The van der Waals surface area contributed by atoms with Gasteiger partial charge in [0.1, 0.15) is 11.1 Å². The number of thioether (sulfide) groups is 1. The van der Waals surface area contributed by atoms with Crippen molar-refractivity contribution in [1.82, 2.24) is 10.4 Å². The van der Waals surface area contributed by atoms with E-state index < -0.39 is 11.3 Å². The van der Waals surface area contributed by atoms with E-state index in [1.54, 1.807) is 24.3 Å². The summed E-state index contributed by atoms with van der Waals surface area (Å²) in [6.45, 7) is 0. The van der Waals surface area contributed by atoms with Crippen LogP contribution in [0.15, 0.2) is 70.7 Å². The summed E-state index contributed by atoms with van der Waals surface area (Å²) in [5, 5.41) is 2.46. The summed E-state index contributed by atoms with van der Waals surface area (Å²) in [4.78, 5) is 26.2. The van der Waals surface area contributed by atoms with Gasteiger partial charge in [0.25, 0.3) is 11.8 Å². The molecule has 190 valence electrons. The first kappa shape index (κ1) is 26.4. The van der Waals surface area contributed by atoms with Crippen LogP contribution in [0.2, 0.25) is 10.0 Å². The molecule has 1 aliphatic carbocycles. The molecule has 1 aliphatic heterocycles. The molecule has 5 rings (SSSR count). The Kier molecular flexibility index (Phi) is 7.80. The molecule has 2 amide bonds. The minimum atomic E-state index is -0.466. The second-order valence-electron chi connectivity index (χ2n) is 8.57. The van der Waals surface area contributed by atoms with Gasteiger partial charge in [-0.1, -0.05) is 65.1 Å². The third-order valence-electron chi connectivity index (χ3n) is 6.43. The number of nitrogens with one attached hydrogen (secondary N) is 1. The molecule has 3 aromatic carbocycles. The van der Waals surface area contributed by atoms with Gasteiger partial charge < -0.3 is 4.74 Å². The zero-order valence-corrected chi connectivity index (χ0v) is 24.1. The van der Waals surface area contributed by atoms with Gasteiger partial charge in [-0.05, 0) is 74.9 Å². The Bertz CT molecular complexity index is 1450. The summed E-state index contributed by atoms with van der Waals surface area (Å²) < 4.78 is 5.84. The molecule has 2 unspecified atom stereocenters. The topological polar surface area (TPSA) is 58.6 Å². The molecule has 0 aromatic heterocycles. The van der Waals surface area contributed by atoms with Gasteiger partial charge in [-0.2, -0.15) is 0 Å². The second-order valence-corrected chi connectivity index (χ2v) is 11.7. The first-order valence-corrected chi connectivity index (χ1v) is 14.3. The van der Waals surface area contributed by atoms with E-state index in [0.29, 0.717) is 37.3 Å². The van der Waals surface area contributed by atoms with Crippen LogP contribution in [0.25, 0.3) is 5.03 Å². The second kappa shape index (κ2) is 10.9. The van der Waals surface area contributed by atoms with Crippen molar-refractivity contribution in [1.29, 1.82) is 0 Å². The third kappa shape index (κ3) is 5.12. The summed E-state index contributed by atoms with van der Waals surface area (Å²) in [6.07, 6.45) is 0.550. The molecule has 5 nitrogen and oxygen atoms in total. The number of carbonyl (C=O) groups excluding carboxylic acids is 2. The lowest BCUT2D eigenvalue weighted by molar-refractivity contribution is -0.129. The average molecular weight is 639 g/mol. The quantitative estimate of drug-likeness (QED) is 0.315. The number of fused-ring (bicyclic) bond motifs is 1. The van der Waals surface area contributed by atoms with Gasteiger partial charge in [-0.25, -0.2) is 5.01 Å². The monoisotopic (exact) mass is 636 g/mol. The van der Waals surface area contributed by atoms with E-state index in [2.05, 4.69) is 27.4 Å². The lowest BCUT2D eigenvalue weighted by atomic mass is 9.79. The largest absolute Gasteiger partial charge is 0.497 e. The van der Waals surface area contributed by atoms with Crippen molar-refractivity contribution in [2.24, 2.45) is 0 Å². The molecule has 0 saturated carbocycles. The number of hydrogen-bond acceptors (Lipinski definition) is 4. The third-order valence-corrected chi connectivity index (χ3v) is 9.53. The van der Waals surface area contributed by atoms with Gasteiger partial charge in [0.05, 0.1) is 33.5 Å². The molecule has 1 N–H and O–H groups in total. The maximum absolute atomic E-state index is 13.2. The van der Waals surface area contributed by atoms with Crippen LogP contribution in [0.3, 0.4) is 0 Å². The summed E-state index contributed by atoms with van der Waals surface area (Å²) in [7, 11) is 1.53. The number of methoxy groups -OCH3 is 1. The molecule has 3 aromatic rings. The average Bonchev–Trinajstić information content (AvgIpc) is 3.26. The number of carbonyl (C=O) groups is 2. The number of hydrogen-bond donors (Lipinski definition) is 1. The Balaban J connectivity index is 1.51. The van der Waals surface area contributed by atoms with Crippen molar-refractivity contribution in [2.75, 3.05) is 12.9 Å². The fraction of sp³-hybridized carbons (Fsp3) is 0.185. The minimum Gasteiger partial charge on any atom is -0.497 e. The van der Waals surface area contributed by atoms with E-state index in [9.17, 15) is 9.59 Å². The van der Waals surface area contributed by atoms with Crippen LogP contribution in [0.1, 0.15) is 39.4 Å². The Morgan fingerprint density at radius 2 is 1.86 bits per heavy atom. The normalized spacial score (nSPS) is 19.2. The maximum atomic E-state index is 13.2. The number of rotatable bonds is 5. The van der Waals surface area contributed by atoms with Gasteiger partial charge in [0.2, 0.25) is 0 Å². The molecule has 0 bridgehead atoms. The maximum Gasteiger partial charge on any atom is 0.271 e. The number of hydrazine groups is 1. The van der Waals surface area contributed by atoms with Gasteiger partial charge in [-0.3, -0.25) is 15.0 Å².